The molecule has 0 spiro atoms. The van der Waals surface area contributed by atoms with Crippen LogP contribution in [0.25, 0.3) is 22.2 Å². The number of carbonyl (C=O) groups is 1. The van der Waals surface area contributed by atoms with Crippen molar-refractivity contribution in [1.29, 1.82) is 0 Å². The van der Waals surface area contributed by atoms with E-state index in [0.717, 1.165) is 48.5 Å². The van der Waals surface area contributed by atoms with Crippen molar-refractivity contribution in [2.75, 3.05) is 53.6 Å². The van der Waals surface area contributed by atoms with Crippen LogP contribution in [-0.4, -0.2) is 74.5 Å². The van der Waals surface area contributed by atoms with Gasteiger partial charge in [-0.25, -0.2) is 24.9 Å². The van der Waals surface area contributed by atoms with Crippen molar-refractivity contribution in [1.82, 2.24) is 29.9 Å². The van der Waals surface area contributed by atoms with E-state index in [9.17, 15) is 4.79 Å². The Hall–Kier alpha value is -5.50. The topological polar surface area (TPSA) is 206 Å². The van der Waals surface area contributed by atoms with Crippen LogP contribution in [0.1, 0.15) is 16.1 Å². The van der Waals surface area contributed by atoms with Crippen molar-refractivity contribution in [3.63, 3.8) is 0 Å². The maximum atomic E-state index is 12.7. The molecule has 0 aliphatic carbocycles. The molecule has 1 saturated heterocycles. The predicted octanol–water partition coefficient (Wildman–Crippen LogP) is 2.21. The van der Waals surface area contributed by atoms with Gasteiger partial charge in [-0.2, -0.15) is 4.99 Å². The summed E-state index contributed by atoms with van der Waals surface area (Å²) in [5, 5.41) is 4.47. The average molecular weight is 614 g/mol. The van der Waals surface area contributed by atoms with E-state index in [4.69, 9.17) is 17.2 Å². The second kappa shape index (κ2) is 13.2. The summed E-state index contributed by atoms with van der Waals surface area (Å²) in [6.45, 7) is 3.62. The first-order valence-electron chi connectivity index (χ1n) is 13.8. The summed E-state index contributed by atoms with van der Waals surface area (Å²) in [7, 11) is 0. The highest BCUT2D eigenvalue weighted by Crippen LogP contribution is 2.28. The van der Waals surface area contributed by atoms with Crippen LogP contribution in [0.5, 0.6) is 0 Å². The Morgan fingerprint density at radius 1 is 0.955 bits per heavy atom. The van der Waals surface area contributed by atoms with E-state index in [-0.39, 0.29) is 23.9 Å². The lowest BCUT2D eigenvalue weighted by molar-refractivity contribution is 0.0998. The number of hydrogen-bond donors (Lipinski definition) is 5. The summed E-state index contributed by atoms with van der Waals surface area (Å²) in [5.41, 5.74) is 19.9. The molecule has 15 heteroatoms. The Morgan fingerprint density at radius 3 is 2.41 bits per heavy atom. The molecule has 8 N–H and O–H groups in total. The van der Waals surface area contributed by atoms with Gasteiger partial charge in [0.1, 0.15) is 11.5 Å². The molecule has 1 fully saturated rings. The first kappa shape index (κ1) is 30.0. The molecule has 6 rings (SSSR count). The molecule has 1 aliphatic heterocycles. The molecule has 0 unspecified atom stereocenters. The molecule has 1 aliphatic rings. The third kappa shape index (κ3) is 6.44. The van der Waals surface area contributed by atoms with Gasteiger partial charge in [0.15, 0.2) is 23.3 Å². The minimum absolute atomic E-state index is 0. The van der Waals surface area contributed by atoms with Crippen molar-refractivity contribution >= 4 is 58.6 Å². The third-order valence-electron chi connectivity index (χ3n) is 7.17. The van der Waals surface area contributed by atoms with Crippen LogP contribution in [-0.2, 0) is 6.42 Å². The van der Waals surface area contributed by atoms with E-state index in [2.05, 4.69) is 56.1 Å². The summed E-state index contributed by atoms with van der Waals surface area (Å²) >= 11 is 0. The molecule has 0 atom stereocenters. The first-order chi connectivity index (χ1) is 21.0. The van der Waals surface area contributed by atoms with E-state index in [0.29, 0.717) is 36.0 Å². The van der Waals surface area contributed by atoms with Crippen molar-refractivity contribution in [3.05, 3.63) is 78.5 Å². The minimum atomic E-state index is -0.792. The molecule has 226 valence electrons. The maximum absolute atomic E-state index is 12.7. The number of nitrogens with two attached hydrogens (primary N) is 3. The van der Waals surface area contributed by atoms with Crippen LogP contribution < -0.4 is 32.3 Å². The zero-order valence-electron chi connectivity index (χ0n) is 23.7. The predicted molar refractivity (Wildman–Crippen MR) is 174 cm³/mol. The number of halogens is 1. The van der Waals surface area contributed by atoms with Gasteiger partial charge in [-0.15, -0.1) is 12.4 Å². The molecule has 1 amide bonds. The second-order valence-electron chi connectivity index (χ2n) is 9.97. The number of H-pyrrole nitrogens is 1. The van der Waals surface area contributed by atoms with Crippen LogP contribution in [0.2, 0.25) is 0 Å². The fourth-order valence-electron chi connectivity index (χ4n) is 5.04. The number of rotatable bonds is 8. The molecule has 1 aromatic carbocycles. The zero-order chi connectivity index (χ0) is 29.8. The van der Waals surface area contributed by atoms with Crippen molar-refractivity contribution in [2.24, 2.45) is 16.5 Å². The van der Waals surface area contributed by atoms with Crippen molar-refractivity contribution in [2.45, 2.75) is 6.42 Å². The van der Waals surface area contributed by atoms with E-state index in [1.807, 2.05) is 42.6 Å². The second-order valence-corrected chi connectivity index (χ2v) is 9.97. The molecular formula is C29H32ClN13O. The largest absolute Gasteiger partial charge is 0.382 e. The van der Waals surface area contributed by atoms with Gasteiger partial charge in [-0.3, -0.25) is 4.79 Å². The minimum Gasteiger partial charge on any atom is -0.382 e. The number of pyridine rings is 1. The zero-order valence-corrected chi connectivity index (χ0v) is 24.5. The number of hydrogen-bond acceptors (Lipinski definition) is 10. The monoisotopic (exact) mass is 613 g/mol. The van der Waals surface area contributed by atoms with E-state index in [1.54, 1.807) is 18.6 Å². The molecule has 44 heavy (non-hydrogen) atoms. The number of para-hydroxylation sites is 1. The number of amides is 1. The van der Waals surface area contributed by atoms with E-state index < -0.39 is 11.9 Å². The lowest BCUT2D eigenvalue weighted by Crippen LogP contribution is -2.47. The number of aromatic nitrogens is 6. The number of nitrogen functional groups attached to an aromatic ring is 1. The number of aliphatic imine (C=N–C) groups is 1. The number of nitrogens with one attached hydrogen (secondary N) is 2. The summed E-state index contributed by atoms with van der Waals surface area (Å²) in [6.07, 6.45) is 7.82. The van der Waals surface area contributed by atoms with Gasteiger partial charge in [0.2, 0.25) is 5.95 Å². The highest BCUT2D eigenvalue weighted by molar-refractivity contribution is 6.04. The number of guanidine groups is 1. The highest BCUT2D eigenvalue weighted by atomic mass is 35.5. The lowest BCUT2D eigenvalue weighted by atomic mass is 10.1. The standard InChI is InChI=1S/C29H31N13O.ClH/c30-25-24(27(43)40-28(31)32)38-23(26(39-25)34-10-8-18-15-35-21-6-2-1-5-20(18)21)19-16-36-29(37-17-19)42-13-11-41(12-14-42)22-7-3-4-9-33-22;/h1-7,9,15-17,35H,8,10-14H2,(H3,30,34,39)(H4,31,32,40,43);1H. The van der Waals surface area contributed by atoms with Gasteiger partial charge in [-0.05, 0) is 30.2 Å². The molecule has 5 aromatic rings. The van der Waals surface area contributed by atoms with Crippen LogP contribution in [0.3, 0.4) is 0 Å². The Bertz CT molecular complexity index is 1760. The highest BCUT2D eigenvalue weighted by Gasteiger charge is 2.22. The van der Waals surface area contributed by atoms with Gasteiger partial charge < -0.3 is 37.3 Å². The number of nitrogens with zero attached hydrogens (tertiary/aromatic N) is 8. The fraction of sp³-hybridized carbons (Fsp3) is 0.207. The molecule has 0 radical (unpaired) electrons. The fourth-order valence-corrected chi connectivity index (χ4v) is 5.04. The first-order valence-corrected chi connectivity index (χ1v) is 13.8. The number of anilines is 4. The summed E-state index contributed by atoms with van der Waals surface area (Å²) in [5.74, 6) is 0.648. The molecular weight excluding hydrogens is 582 g/mol. The van der Waals surface area contributed by atoms with Crippen LogP contribution >= 0.6 is 12.4 Å². The SMILES string of the molecule is Cl.NC(N)=NC(=O)c1nc(-c2cnc(N3CCN(c4ccccn4)CC3)nc2)c(NCCc2c[nH]c3ccccc23)nc1N. The smallest absolute Gasteiger partial charge is 0.302 e. The van der Waals surface area contributed by atoms with E-state index >= 15 is 0 Å². The lowest BCUT2D eigenvalue weighted by Gasteiger charge is -2.35. The Labute approximate surface area is 259 Å². The number of carbonyl (C=O) groups excluding carboxylic acids is 1. The van der Waals surface area contributed by atoms with Crippen LogP contribution in [0.4, 0.5) is 23.4 Å². The van der Waals surface area contributed by atoms with Gasteiger partial charge >= 0.3 is 5.91 Å². The Morgan fingerprint density at radius 2 is 1.68 bits per heavy atom. The van der Waals surface area contributed by atoms with E-state index in [1.165, 1.54) is 0 Å². The number of fused-ring (bicyclic) bond motifs is 1. The van der Waals surface area contributed by atoms with Gasteiger partial charge in [-0.1, -0.05) is 24.3 Å². The van der Waals surface area contributed by atoms with Crippen LogP contribution in [0, 0.1) is 0 Å². The normalized spacial score (nSPS) is 12.9. The Balaban J connectivity index is 0.00000384. The quantitative estimate of drug-likeness (QED) is 0.126. The molecule has 0 saturated carbocycles. The number of piperazine rings is 1. The summed E-state index contributed by atoms with van der Waals surface area (Å²) in [4.78, 5) is 46.5. The van der Waals surface area contributed by atoms with Gasteiger partial charge in [0.25, 0.3) is 0 Å². The van der Waals surface area contributed by atoms with Crippen molar-refractivity contribution < 1.29 is 4.79 Å². The summed E-state index contributed by atoms with van der Waals surface area (Å²) in [6, 6.07) is 14.0. The maximum Gasteiger partial charge on any atom is 0.302 e. The average Bonchev–Trinajstić information content (AvgIpc) is 3.44. The Kier molecular flexibility index (Phi) is 9.00. The molecule has 4 aromatic heterocycles. The number of aromatic amines is 1. The van der Waals surface area contributed by atoms with Crippen LogP contribution in [0.15, 0.2) is 72.2 Å². The van der Waals surface area contributed by atoms with Gasteiger partial charge in [0, 0.05) is 74.0 Å². The molecule has 14 nitrogen and oxygen atoms in total. The van der Waals surface area contributed by atoms with Gasteiger partial charge in [0.05, 0.1) is 0 Å². The third-order valence-corrected chi connectivity index (χ3v) is 7.17. The van der Waals surface area contributed by atoms with Crippen molar-refractivity contribution in [3.8, 4) is 11.3 Å². The molecule has 5 heterocycles. The molecule has 0 bridgehead atoms. The summed E-state index contributed by atoms with van der Waals surface area (Å²) < 4.78 is 0. The number of benzene rings is 1.